The second-order valence-corrected chi connectivity index (χ2v) is 6.86. The Hall–Kier alpha value is -3.03. The number of carbonyl (C=O) groups is 2. The summed E-state index contributed by atoms with van der Waals surface area (Å²) in [6.07, 6.45) is -7.91. The SMILES string of the molecule is O=C(O)c1cccc(C(=O)O)c1C(F)(F)C(F)(F)C(F)(F)C(F)(F)C(F)(F)C(F)(F)C(F)(F)C(F)(F)F. The Bertz CT molecular complexity index is 1040. The van der Waals surface area contributed by atoms with E-state index < -0.39 is 76.3 Å². The number of halogens is 17. The number of carboxylic acids is 2. The molecule has 0 radical (unpaired) electrons. The summed E-state index contributed by atoms with van der Waals surface area (Å²) in [5.41, 5.74) is -7.99. The van der Waals surface area contributed by atoms with Crippen LogP contribution >= 0.6 is 0 Å². The molecule has 212 valence electrons. The van der Waals surface area contributed by atoms with Gasteiger partial charge in [0.05, 0.1) is 16.7 Å². The molecule has 0 spiro atoms. The molecule has 0 heterocycles. The van der Waals surface area contributed by atoms with Gasteiger partial charge >= 0.3 is 59.6 Å². The first kappa shape index (κ1) is 32.0. The lowest BCUT2D eigenvalue weighted by atomic mass is 9.84. The van der Waals surface area contributed by atoms with E-state index in [1.165, 1.54) is 0 Å². The van der Waals surface area contributed by atoms with Crippen LogP contribution in [0.15, 0.2) is 18.2 Å². The zero-order chi connectivity index (χ0) is 30.0. The lowest BCUT2D eigenvalue weighted by molar-refractivity contribution is -0.462. The van der Waals surface area contributed by atoms with Crippen LogP contribution in [-0.2, 0) is 5.92 Å². The van der Waals surface area contributed by atoms with E-state index in [0.29, 0.717) is 0 Å². The van der Waals surface area contributed by atoms with Crippen molar-refractivity contribution in [2.45, 2.75) is 47.6 Å². The van der Waals surface area contributed by atoms with Crippen molar-refractivity contribution in [3.63, 3.8) is 0 Å². The van der Waals surface area contributed by atoms with Gasteiger partial charge in [0, 0.05) is 0 Å². The zero-order valence-corrected chi connectivity index (χ0v) is 16.4. The number of hydrogen-bond acceptors (Lipinski definition) is 2. The molecule has 1 rings (SSSR count). The molecule has 37 heavy (non-hydrogen) atoms. The molecule has 0 aliphatic carbocycles. The Labute approximate surface area is 190 Å². The minimum absolute atomic E-state index is 0.200. The van der Waals surface area contributed by atoms with E-state index in [-0.39, 0.29) is 18.2 Å². The maximum Gasteiger partial charge on any atom is 0.460 e. The lowest BCUT2D eigenvalue weighted by Gasteiger charge is -2.43. The predicted molar refractivity (Wildman–Crippen MR) is 80.0 cm³/mol. The lowest BCUT2D eigenvalue weighted by Crippen LogP contribution is -2.74. The summed E-state index contributed by atoms with van der Waals surface area (Å²) in [5, 5.41) is 17.5. The van der Waals surface area contributed by atoms with Crippen molar-refractivity contribution in [3.05, 3.63) is 34.9 Å². The van der Waals surface area contributed by atoms with Gasteiger partial charge in [-0.2, -0.15) is 74.6 Å². The van der Waals surface area contributed by atoms with Crippen molar-refractivity contribution in [3.8, 4) is 0 Å². The van der Waals surface area contributed by atoms with E-state index in [1.807, 2.05) is 0 Å². The molecule has 2 N–H and O–H groups in total. The van der Waals surface area contributed by atoms with Crippen LogP contribution in [0.4, 0.5) is 74.6 Å². The van der Waals surface area contributed by atoms with Crippen molar-refractivity contribution >= 4 is 11.9 Å². The molecule has 0 aliphatic heterocycles. The van der Waals surface area contributed by atoms with Gasteiger partial charge in [-0.15, -0.1) is 0 Å². The third-order valence-corrected chi connectivity index (χ3v) is 4.56. The van der Waals surface area contributed by atoms with Crippen LogP contribution in [0.3, 0.4) is 0 Å². The molecule has 0 saturated carbocycles. The smallest absolute Gasteiger partial charge is 0.460 e. The minimum atomic E-state index is -8.88. The Morgan fingerprint density at radius 3 is 1.03 bits per heavy atom. The second kappa shape index (κ2) is 8.50. The third kappa shape index (κ3) is 4.09. The molecule has 0 unspecified atom stereocenters. The van der Waals surface area contributed by atoms with Gasteiger partial charge in [0.1, 0.15) is 0 Å². The van der Waals surface area contributed by atoms with Crippen molar-refractivity contribution in [2.24, 2.45) is 0 Å². The van der Waals surface area contributed by atoms with Crippen molar-refractivity contribution in [1.82, 2.24) is 0 Å². The van der Waals surface area contributed by atoms with Crippen molar-refractivity contribution in [2.75, 3.05) is 0 Å². The molecule has 0 atom stereocenters. The summed E-state index contributed by atoms with van der Waals surface area (Å²) in [4.78, 5) is 22.0. The van der Waals surface area contributed by atoms with Gasteiger partial charge in [-0.1, -0.05) is 6.07 Å². The van der Waals surface area contributed by atoms with E-state index >= 15 is 0 Å². The van der Waals surface area contributed by atoms with Gasteiger partial charge in [0.15, 0.2) is 0 Å². The number of carboxylic acid groups (broad SMARTS) is 2. The molecule has 1 aromatic carbocycles. The normalized spacial score (nSPS) is 15.1. The minimum Gasteiger partial charge on any atom is -0.478 e. The Kier molecular flexibility index (Phi) is 7.35. The van der Waals surface area contributed by atoms with Gasteiger partial charge in [0.25, 0.3) is 0 Å². The standard InChI is InChI=1S/C16H5F17O4/c17-9(18,6-4(7(34)35)2-1-3-5(6)8(36)37)10(19,20)11(21,22)12(23,24)13(25,26)14(27,28)15(29,30)16(31,32)33/h1-3H,(H,34,35)(H,36,37). The van der Waals surface area contributed by atoms with Crippen LogP contribution in [-0.4, -0.2) is 63.9 Å². The van der Waals surface area contributed by atoms with Gasteiger partial charge < -0.3 is 10.2 Å². The van der Waals surface area contributed by atoms with E-state index in [4.69, 9.17) is 10.2 Å². The van der Waals surface area contributed by atoms with Crippen molar-refractivity contribution < 1.29 is 94.4 Å². The van der Waals surface area contributed by atoms with Gasteiger partial charge in [-0.05, 0) is 12.1 Å². The molecule has 0 amide bonds. The number of aromatic carboxylic acids is 2. The Morgan fingerprint density at radius 1 is 0.486 bits per heavy atom. The average molecular weight is 584 g/mol. The Morgan fingerprint density at radius 2 is 0.757 bits per heavy atom. The summed E-state index contributed by atoms with van der Waals surface area (Å²) >= 11 is 0. The molecule has 0 saturated heterocycles. The highest BCUT2D eigenvalue weighted by molar-refractivity contribution is 5.97. The number of rotatable bonds is 9. The van der Waals surface area contributed by atoms with Crippen LogP contribution in [0.5, 0.6) is 0 Å². The highest BCUT2D eigenvalue weighted by Crippen LogP contribution is 2.65. The maximum absolute atomic E-state index is 14.5. The maximum atomic E-state index is 14.5. The zero-order valence-electron chi connectivity index (χ0n) is 16.4. The highest BCUT2D eigenvalue weighted by atomic mass is 19.4. The number of alkyl halides is 17. The average Bonchev–Trinajstić information content (AvgIpc) is 2.71. The van der Waals surface area contributed by atoms with E-state index in [2.05, 4.69) is 0 Å². The number of benzene rings is 1. The summed E-state index contributed by atoms with van der Waals surface area (Å²) < 4.78 is 228. The molecule has 0 aromatic heterocycles. The topological polar surface area (TPSA) is 74.6 Å². The first-order chi connectivity index (χ1) is 16.0. The highest BCUT2D eigenvalue weighted by Gasteiger charge is 2.95. The van der Waals surface area contributed by atoms with Crippen LogP contribution in [0, 0.1) is 0 Å². The molecule has 1 aromatic rings. The van der Waals surface area contributed by atoms with Gasteiger partial charge in [0.2, 0.25) is 0 Å². The van der Waals surface area contributed by atoms with E-state index in [0.717, 1.165) is 0 Å². The summed E-state index contributed by atoms with van der Waals surface area (Å²) in [6, 6.07) is -0.223. The fourth-order valence-corrected chi connectivity index (χ4v) is 2.57. The third-order valence-electron chi connectivity index (χ3n) is 4.56. The van der Waals surface area contributed by atoms with E-state index in [9.17, 15) is 84.2 Å². The molecule has 0 aliphatic rings. The largest absolute Gasteiger partial charge is 0.478 e. The fourth-order valence-electron chi connectivity index (χ4n) is 2.57. The number of hydrogen-bond donors (Lipinski definition) is 2. The van der Waals surface area contributed by atoms with Gasteiger partial charge in [-0.3, -0.25) is 0 Å². The first-order valence-corrected chi connectivity index (χ1v) is 8.31. The molecule has 21 heteroatoms. The molecule has 0 bridgehead atoms. The van der Waals surface area contributed by atoms with Gasteiger partial charge in [-0.25, -0.2) is 9.59 Å². The first-order valence-electron chi connectivity index (χ1n) is 8.31. The Balaban J connectivity index is 4.00. The summed E-state index contributed by atoms with van der Waals surface area (Å²) in [6.45, 7) is 0. The molecular formula is C16H5F17O4. The second-order valence-electron chi connectivity index (χ2n) is 6.86. The van der Waals surface area contributed by atoms with Crippen LogP contribution in [0.1, 0.15) is 26.3 Å². The van der Waals surface area contributed by atoms with Crippen LogP contribution < -0.4 is 0 Å². The molecular weight excluding hydrogens is 579 g/mol. The quantitative estimate of drug-likeness (QED) is 0.323. The summed E-state index contributed by atoms with van der Waals surface area (Å²) in [7, 11) is 0. The fraction of sp³-hybridized carbons (Fsp3) is 0.500. The van der Waals surface area contributed by atoms with Crippen LogP contribution in [0.2, 0.25) is 0 Å². The van der Waals surface area contributed by atoms with Crippen LogP contribution in [0.25, 0.3) is 0 Å². The van der Waals surface area contributed by atoms with Crippen molar-refractivity contribution in [1.29, 1.82) is 0 Å². The predicted octanol–water partition coefficient (Wildman–Crippen LogP) is 6.55. The molecule has 0 fully saturated rings. The monoisotopic (exact) mass is 584 g/mol. The molecule has 4 nitrogen and oxygen atoms in total. The van der Waals surface area contributed by atoms with E-state index in [1.54, 1.807) is 0 Å². The summed E-state index contributed by atoms with van der Waals surface area (Å²) in [5.74, 6) is -64.8.